The second-order valence-corrected chi connectivity index (χ2v) is 4.38. The monoisotopic (exact) mass is 225 g/mol. The Bertz CT molecular complexity index is 335. The summed E-state index contributed by atoms with van der Waals surface area (Å²) >= 11 is 1.60. The predicted octanol–water partition coefficient (Wildman–Crippen LogP) is 0.843. The standard InChI is InChI=1S/C10H15N3OS/c1-3-4-11-6-9(14)12-7-10-13-5-8(2)15-10/h3,5,11H,1,4,6-7H2,2H3,(H,12,14). The number of hydrogen-bond acceptors (Lipinski definition) is 4. The summed E-state index contributed by atoms with van der Waals surface area (Å²) in [6, 6.07) is 0. The van der Waals surface area contributed by atoms with Crippen LogP contribution in [-0.2, 0) is 11.3 Å². The zero-order chi connectivity index (χ0) is 11.1. The van der Waals surface area contributed by atoms with E-state index in [9.17, 15) is 4.79 Å². The van der Waals surface area contributed by atoms with Gasteiger partial charge in [0.2, 0.25) is 5.91 Å². The molecule has 0 bridgehead atoms. The van der Waals surface area contributed by atoms with Gasteiger partial charge in [-0.05, 0) is 6.92 Å². The van der Waals surface area contributed by atoms with E-state index in [0.717, 1.165) is 9.88 Å². The van der Waals surface area contributed by atoms with Crippen LogP contribution in [0.15, 0.2) is 18.9 Å². The molecule has 1 rings (SSSR count). The molecule has 0 aliphatic heterocycles. The highest BCUT2D eigenvalue weighted by Gasteiger charge is 2.02. The molecule has 0 saturated carbocycles. The molecule has 82 valence electrons. The summed E-state index contributed by atoms with van der Waals surface area (Å²) in [5, 5.41) is 6.65. The van der Waals surface area contributed by atoms with Crippen molar-refractivity contribution in [2.75, 3.05) is 13.1 Å². The van der Waals surface area contributed by atoms with Crippen molar-refractivity contribution in [3.63, 3.8) is 0 Å². The van der Waals surface area contributed by atoms with Crippen LogP contribution in [0, 0.1) is 6.92 Å². The van der Waals surface area contributed by atoms with Gasteiger partial charge in [-0.2, -0.15) is 0 Å². The van der Waals surface area contributed by atoms with E-state index in [1.165, 1.54) is 0 Å². The smallest absolute Gasteiger partial charge is 0.234 e. The summed E-state index contributed by atoms with van der Waals surface area (Å²) in [5.41, 5.74) is 0. The van der Waals surface area contributed by atoms with Gasteiger partial charge in [0, 0.05) is 17.6 Å². The van der Waals surface area contributed by atoms with E-state index in [1.54, 1.807) is 17.4 Å². The minimum Gasteiger partial charge on any atom is -0.348 e. The third-order valence-electron chi connectivity index (χ3n) is 1.68. The minimum absolute atomic E-state index is 0.0234. The number of aromatic nitrogens is 1. The molecule has 0 saturated heterocycles. The van der Waals surface area contributed by atoms with Crippen LogP contribution in [0.4, 0.5) is 0 Å². The molecule has 0 unspecified atom stereocenters. The summed E-state index contributed by atoms with van der Waals surface area (Å²) < 4.78 is 0. The molecule has 2 N–H and O–H groups in total. The molecule has 1 amide bonds. The quantitative estimate of drug-likeness (QED) is 0.557. The molecule has 0 aliphatic carbocycles. The van der Waals surface area contributed by atoms with Crippen LogP contribution in [0.1, 0.15) is 9.88 Å². The number of nitrogens with zero attached hydrogens (tertiary/aromatic N) is 1. The van der Waals surface area contributed by atoms with Gasteiger partial charge in [-0.3, -0.25) is 4.79 Å². The molecule has 0 aliphatic rings. The van der Waals surface area contributed by atoms with Gasteiger partial charge in [-0.15, -0.1) is 17.9 Å². The van der Waals surface area contributed by atoms with Crippen LogP contribution < -0.4 is 10.6 Å². The molecule has 4 nitrogen and oxygen atoms in total. The Morgan fingerprint density at radius 3 is 3.13 bits per heavy atom. The number of hydrogen-bond donors (Lipinski definition) is 2. The van der Waals surface area contributed by atoms with Crippen molar-refractivity contribution >= 4 is 17.2 Å². The van der Waals surface area contributed by atoms with E-state index >= 15 is 0 Å². The molecule has 0 atom stereocenters. The average molecular weight is 225 g/mol. The molecular formula is C10H15N3OS. The lowest BCUT2D eigenvalue weighted by Gasteiger charge is -2.02. The van der Waals surface area contributed by atoms with Gasteiger partial charge in [0.05, 0.1) is 13.1 Å². The number of amides is 1. The molecular weight excluding hydrogens is 210 g/mol. The summed E-state index contributed by atoms with van der Waals surface area (Å²) in [6.45, 7) is 7.01. The Hall–Kier alpha value is -1.20. The van der Waals surface area contributed by atoms with Crippen molar-refractivity contribution in [2.24, 2.45) is 0 Å². The van der Waals surface area contributed by atoms with Crippen LogP contribution in [0.3, 0.4) is 0 Å². The second kappa shape index (κ2) is 6.31. The Morgan fingerprint density at radius 2 is 2.53 bits per heavy atom. The lowest BCUT2D eigenvalue weighted by atomic mass is 10.5. The first-order chi connectivity index (χ1) is 7.22. The highest BCUT2D eigenvalue weighted by molar-refractivity contribution is 7.11. The van der Waals surface area contributed by atoms with E-state index in [4.69, 9.17) is 0 Å². The maximum Gasteiger partial charge on any atom is 0.234 e. The highest BCUT2D eigenvalue weighted by Crippen LogP contribution is 2.10. The fraction of sp³-hybridized carbons (Fsp3) is 0.400. The Kier molecular flexibility index (Phi) is 5.00. The second-order valence-electron chi connectivity index (χ2n) is 3.06. The molecule has 1 aromatic heterocycles. The van der Waals surface area contributed by atoms with E-state index in [0.29, 0.717) is 19.6 Å². The zero-order valence-corrected chi connectivity index (χ0v) is 9.56. The van der Waals surface area contributed by atoms with Crippen molar-refractivity contribution in [3.05, 3.63) is 28.7 Å². The molecule has 1 aromatic rings. The Morgan fingerprint density at radius 1 is 1.73 bits per heavy atom. The summed E-state index contributed by atoms with van der Waals surface area (Å²) in [6.07, 6.45) is 3.53. The molecule has 5 heteroatoms. The van der Waals surface area contributed by atoms with Gasteiger partial charge in [0.15, 0.2) is 0 Å². The zero-order valence-electron chi connectivity index (χ0n) is 8.75. The summed E-state index contributed by atoms with van der Waals surface area (Å²) in [5.74, 6) is -0.0234. The van der Waals surface area contributed by atoms with E-state index in [-0.39, 0.29) is 5.91 Å². The fourth-order valence-corrected chi connectivity index (χ4v) is 1.73. The predicted molar refractivity (Wildman–Crippen MR) is 61.8 cm³/mol. The normalized spacial score (nSPS) is 9.93. The molecule has 0 spiro atoms. The highest BCUT2D eigenvalue weighted by atomic mass is 32.1. The number of thiazole rings is 1. The Balaban J connectivity index is 2.19. The number of rotatable bonds is 6. The van der Waals surface area contributed by atoms with Gasteiger partial charge in [-0.25, -0.2) is 4.98 Å². The Labute approximate surface area is 93.4 Å². The van der Waals surface area contributed by atoms with Crippen LogP contribution in [0.2, 0.25) is 0 Å². The number of aryl methyl sites for hydroxylation is 1. The van der Waals surface area contributed by atoms with Gasteiger partial charge in [0.25, 0.3) is 0 Å². The van der Waals surface area contributed by atoms with Gasteiger partial charge in [0.1, 0.15) is 5.01 Å². The summed E-state index contributed by atoms with van der Waals surface area (Å²) in [4.78, 5) is 16.6. The fourth-order valence-electron chi connectivity index (χ4n) is 1.01. The number of nitrogens with one attached hydrogen (secondary N) is 2. The van der Waals surface area contributed by atoms with Gasteiger partial charge in [-0.1, -0.05) is 6.08 Å². The van der Waals surface area contributed by atoms with Crippen molar-refractivity contribution in [1.29, 1.82) is 0 Å². The van der Waals surface area contributed by atoms with Crippen molar-refractivity contribution < 1.29 is 4.79 Å². The van der Waals surface area contributed by atoms with E-state index in [1.807, 2.05) is 13.1 Å². The first kappa shape index (κ1) is 11.9. The number of carbonyl (C=O) groups is 1. The molecule has 0 fully saturated rings. The lowest BCUT2D eigenvalue weighted by Crippen LogP contribution is -2.33. The van der Waals surface area contributed by atoms with Crippen LogP contribution in [-0.4, -0.2) is 24.0 Å². The molecule has 15 heavy (non-hydrogen) atoms. The van der Waals surface area contributed by atoms with E-state index in [2.05, 4.69) is 22.2 Å². The van der Waals surface area contributed by atoms with Crippen molar-refractivity contribution in [3.8, 4) is 0 Å². The SMILES string of the molecule is C=CCNCC(=O)NCc1ncc(C)s1. The van der Waals surface area contributed by atoms with Crippen molar-refractivity contribution in [1.82, 2.24) is 15.6 Å². The average Bonchev–Trinajstić information content (AvgIpc) is 2.62. The largest absolute Gasteiger partial charge is 0.348 e. The number of carbonyl (C=O) groups excluding carboxylic acids is 1. The first-order valence-corrected chi connectivity index (χ1v) is 5.53. The van der Waals surface area contributed by atoms with Crippen LogP contribution in [0.25, 0.3) is 0 Å². The third kappa shape index (κ3) is 4.71. The molecule has 0 radical (unpaired) electrons. The van der Waals surface area contributed by atoms with Crippen molar-refractivity contribution in [2.45, 2.75) is 13.5 Å². The topological polar surface area (TPSA) is 54.0 Å². The van der Waals surface area contributed by atoms with Gasteiger partial charge >= 0.3 is 0 Å². The maximum atomic E-state index is 11.3. The molecule has 0 aromatic carbocycles. The van der Waals surface area contributed by atoms with E-state index < -0.39 is 0 Å². The summed E-state index contributed by atoms with van der Waals surface area (Å²) in [7, 11) is 0. The molecule has 1 heterocycles. The maximum absolute atomic E-state index is 11.3. The van der Waals surface area contributed by atoms with Crippen LogP contribution in [0.5, 0.6) is 0 Å². The lowest BCUT2D eigenvalue weighted by molar-refractivity contribution is -0.120. The van der Waals surface area contributed by atoms with Gasteiger partial charge < -0.3 is 10.6 Å². The van der Waals surface area contributed by atoms with Crippen LogP contribution >= 0.6 is 11.3 Å². The third-order valence-corrected chi connectivity index (χ3v) is 2.59. The minimum atomic E-state index is -0.0234. The first-order valence-electron chi connectivity index (χ1n) is 4.72.